The maximum absolute atomic E-state index is 13.3. The van der Waals surface area contributed by atoms with Crippen molar-refractivity contribution in [3.05, 3.63) is 29.6 Å². The van der Waals surface area contributed by atoms with E-state index in [4.69, 9.17) is 5.73 Å². The summed E-state index contributed by atoms with van der Waals surface area (Å²) < 4.78 is 40.6. The molecule has 1 aliphatic rings. The fourth-order valence-corrected chi connectivity index (χ4v) is 4.87. The van der Waals surface area contributed by atoms with Gasteiger partial charge in [-0.2, -0.15) is 4.31 Å². The maximum atomic E-state index is 13.3. The number of carbonyl (C=O) groups is 1. The van der Waals surface area contributed by atoms with Gasteiger partial charge in [0.2, 0.25) is 15.9 Å². The van der Waals surface area contributed by atoms with E-state index in [1.807, 2.05) is 0 Å². The molecule has 0 aliphatic carbocycles. The zero-order valence-corrected chi connectivity index (χ0v) is 14.6. The summed E-state index contributed by atoms with van der Waals surface area (Å²) in [4.78, 5) is 11.7. The van der Waals surface area contributed by atoms with Crippen LogP contribution in [0.1, 0.15) is 31.2 Å². The Morgan fingerprint density at radius 2 is 2.17 bits per heavy atom. The summed E-state index contributed by atoms with van der Waals surface area (Å²) in [6, 6.07) is 3.38. The van der Waals surface area contributed by atoms with Crippen molar-refractivity contribution in [3.8, 4) is 0 Å². The minimum atomic E-state index is -3.73. The lowest BCUT2D eigenvalue weighted by atomic mass is 10.1. The monoisotopic (exact) mass is 357 g/mol. The van der Waals surface area contributed by atoms with E-state index in [1.54, 1.807) is 6.92 Å². The molecule has 1 aromatic carbocycles. The summed E-state index contributed by atoms with van der Waals surface area (Å²) in [5, 5.41) is 2.75. The normalized spacial score (nSPS) is 19.2. The Bertz CT molecular complexity index is 694. The smallest absolute Gasteiger partial charge is 0.243 e. The second kappa shape index (κ2) is 8.04. The Balaban J connectivity index is 2.20. The van der Waals surface area contributed by atoms with Crippen LogP contribution in [0.3, 0.4) is 0 Å². The largest absolute Gasteiger partial charge is 0.354 e. The van der Waals surface area contributed by atoms with Crippen LogP contribution in [0.2, 0.25) is 0 Å². The van der Waals surface area contributed by atoms with Crippen LogP contribution >= 0.6 is 0 Å². The van der Waals surface area contributed by atoms with Gasteiger partial charge in [-0.1, -0.05) is 6.42 Å². The Morgan fingerprint density at radius 3 is 2.83 bits per heavy atom. The Hall–Kier alpha value is -1.51. The quantitative estimate of drug-likeness (QED) is 0.799. The zero-order valence-electron chi connectivity index (χ0n) is 13.8. The van der Waals surface area contributed by atoms with Gasteiger partial charge in [0.05, 0.1) is 4.90 Å². The van der Waals surface area contributed by atoms with E-state index in [9.17, 15) is 17.6 Å². The molecule has 1 atom stereocenters. The van der Waals surface area contributed by atoms with Crippen molar-refractivity contribution >= 4 is 15.9 Å². The number of nitrogens with two attached hydrogens (primary N) is 1. The number of carbonyl (C=O) groups excluding carboxylic acids is 1. The van der Waals surface area contributed by atoms with E-state index >= 15 is 0 Å². The van der Waals surface area contributed by atoms with Crippen molar-refractivity contribution in [2.45, 2.75) is 43.5 Å². The fourth-order valence-electron chi connectivity index (χ4n) is 2.97. The van der Waals surface area contributed by atoms with Crippen LogP contribution in [-0.2, 0) is 14.8 Å². The van der Waals surface area contributed by atoms with Gasteiger partial charge < -0.3 is 11.1 Å². The number of benzene rings is 1. The van der Waals surface area contributed by atoms with Gasteiger partial charge in [0.25, 0.3) is 0 Å². The molecule has 0 bridgehead atoms. The van der Waals surface area contributed by atoms with Gasteiger partial charge >= 0.3 is 0 Å². The van der Waals surface area contributed by atoms with Gasteiger partial charge in [0, 0.05) is 32.1 Å². The standard InChI is InChI=1S/C16H24FN3O3S/c1-12-10-13(17)5-6-15(12)24(22,23)20-9-3-2-4-14(20)11-19-16(21)7-8-18/h5-6,10,14H,2-4,7-9,11,18H2,1H3,(H,19,21). The minimum Gasteiger partial charge on any atom is -0.354 e. The molecule has 1 saturated heterocycles. The van der Waals surface area contributed by atoms with Gasteiger partial charge in [-0.25, -0.2) is 12.8 Å². The molecule has 1 fully saturated rings. The predicted molar refractivity (Wildman–Crippen MR) is 89.3 cm³/mol. The van der Waals surface area contributed by atoms with E-state index in [1.165, 1.54) is 16.4 Å². The highest BCUT2D eigenvalue weighted by atomic mass is 32.2. The molecule has 24 heavy (non-hydrogen) atoms. The van der Waals surface area contributed by atoms with Crippen molar-refractivity contribution in [2.24, 2.45) is 5.73 Å². The van der Waals surface area contributed by atoms with Gasteiger partial charge in [0.15, 0.2) is 0 Å². The van der Waals surface area contributed by atoms with E-state index in [-0.39, 0.29) is 36.4 Å². The molecule has 0 saturated carbocycles. The molecule has 6 nitrogen and oxygen atoms in total. The van der Waals surface area contributed by atoms with Gasteiger partial charge in [0.1, 0.15) is 5.82 Å². The Kier molecular flexibility index (Phi) is 6.31. The molecule has 1 aromatic rings. The summed E-state index contributed by atoms with van der Waals surface area (Å²) >= 11 is 0. The topological polar surface area (TPSA) is 92.5 Å². The first kappa shape index (κ1) is 18.8. The van der Waals surface area contributed by atoms with Crippen LogP contribution in [0.4, 0.5) is 4.39 Å². The third-order valence-corrected chi connectivity index (χ3v) is 6.32. The van der Waals surface area contributed by atoms with Crippen LogP contribution in [0, 0.1) is 12.7 Å². The first-order valence-electron chi connectivity index (χ1n) is 8.11. The molecule has 3 N–H and O–H groups in total. The van der Waals surface area contributed by atoms with E-state index in [0.29, 0.717) is 18.5 Å². The highest BCUT2D eigenvalue weighted by Crippen LogP contribution is 2.27. The first-order valence-corrected chi connectivity index (χ1v) is 9.55. The number of nitrogens with one attached hydrogen (secondary N) is 1. The van der Waals surface area contributed by atoms with Gasteiger partial charge in [-0.15, -0.1) is 0 Å². The van der Waals surface area contributed by atoms with Crippen LogP contribution in [0.15, 0.2) is 23.1 Å². The third-order valence-electron chi connectivity index (χ3n) is 4.20. The number of rotatable bonds is 6. The molecular weight excluding hydrogens is 333 g/mol. The van der Waals surface area contributed by atoms with Crippen LogP contribution in [0.5, 0.6) is 0 Å². The van der Waals surface area contributed by atoms with Crippen molar-refractivity contribution in [1.82, 2.24) is 9.62 Å². The summed E-state index contributed by atoms with van der Waals surface area (Å²) in [6.07, 6.45) is 2.58. The van der Waals surface area contributed by atoms with Crippen molar-refractivity contribution in [2.75, 3.05) is 19.6 Å². The Morgan fingerprint density at radius 1 is 1.42 bits per heavy atom. The minimum absolute atomic E-state index is 0.115. The molecule has 134 valence electrons. The molecule has 8 heteroatoms. The third kappa shape index (κ3) is 4.31. The number of hydrogen-bond acceptors (Lipinski definition) is 4. The van der Waals surface area contributed by atoms with E-state index < -0.39 is 15.8 Å². The van der Waals surface area contributed by atoms with Crippen LogP contribution < -0.4 is 11.1 Å². The SMILES string of the molecule is Cc1cc(F)ccc1S(=O)(=O)N1CCCCC1CNC(=O)CCN. The van der Waals surface area contributed by atoms with Crippen molar-refractivity contribution in [3.63, 3.8) is 0 Å². The summed E-state index contributed by atoms with van der Waals surface area (Å²) in [6.45, 7) is 2.50. The summed E-state index contributed by atoms with van der Waals surface area (Å²) in [5.74, 6) is -0.644. The Labute approximate surface area is 142 Å². The van der Waals surface area contributed by atoms with Crippen LogP contribution in [0.25, 0.3) is 0 Å². The molecule has 1 amide bonds. The average Bonchev–Trinajstić information content (AvgIpc) is 2.53. The lowest BCUT2D eigenvalue weighted by molar-refractivity contribution is -0.121. The second-order valence-electron chi connectivity index (χ2n) is 6.02. The number of piperidine rings is 1. The number of hydrogen-bond donors (Lipinski definition) is 2. The molecule has 0 aromatic heterocycles. The number of aryl methyl sites for hydroxylation is 1. The maximum Gasteiger partial charge on any atom is 0.243 e. The molecule has 2 rings (SSSR count). The molecule has 1 heterocycles. The highest BCUT2D eigenvalue weighted by molar-refractivity contribution is 7.89. The highest BCUT2D eigenvalue weighted by Gasteiger charge is 2.34. The van der Waals surface area contributed by atoms with Crippen molar-refractivity contribution < 1.29 is 17.6 Å². The number of sulfonamides is 1. The zero-order chi connectivity index (χ0) is 17.7. The van der Waals surface area contributed by atoms with E-state index in [2.05, 4.69) is 5.32 Å². The number of amides is 1. The lowest BCUT2D eigenvalue weighted by Gasteiger charge is -2.35. The average molecular weight is 357 g/mol. The predicted octanol–water partition coefficient (Wildman–Crippen LogP) is 1.14. The summed E-state index contributed by atoms with van der Waals surface area (Å²) in [5.41, 5.74) is 5.72. The molecule has 1 unspecified atom stereocenters. The number of nitrogens with zero attached hydrogens (tertiary/aromatic N) is 1. The first-order chi connectivity index (χ1) is 11.4. The molecule has 1 aliphatic heterocycles. The molecular formula is C16H24FN3O3S. The van der Waals surface area contributed by atoms with Crippen LogP contribution in [-0.4, -0.2) is 44.3 Å². The lowest BCUT2D eigenvalue weighted by Crippen LogP contribution is -2.49. The second-order valence-corrected chi connectivity index (χ2v) is 7.88. The molecule has 0 radical (unpaired) electrons. The number of halogens is 1. The van der Waals surface area contributed by atoms with Gasteiger partial charge in [-0.05, 0) is 43.5 Å². The van der Waals surface area contributed by atoms with Gasteiger partial charge in [-0.3, -0.25) is 4.79 Å². The molecule has 0 spiro atoms. The summed E-state index contributed by atoms with van der Waals surface area (Å²) in [7, 11) is -3.73. The fraction of sp³-hybridized carbons (Fsp3) is 0.562. The van der Waals surface area contributed by atoms with E-state index in [0.717, 1.165) is 18.9 Å². The van der Waals surface area contributed by atoms with Crippen molar-refractivity contribution in [1.29, 1.82) is 0 Å².